The van der Waals surface area contributed by atoms with Gasteiger partial charge >= 0.3 is 0 Å². The SMILES string of the molecule is CN=C(NCCc1c(C)nn(C)c1C)NCC1(N2CCOCC2)CCCCC1.I. The lowest BCUT2D eigenvalue weighted by Crippen LogP contribution is -2.60. The number of morpholine rings is 1. The van der Waals surface area contributed by atoms with Crippen LogP contribution in [0.4, 0.5) is 0 Å². The van der Waals surface area contributed by atoms with E-state index >= 15 is 0 Å². The molecule has 2 N–H and O–H groups in total. The average molecular weight is 518 g/mol. The molecular weight excluding hydrogens is 479 g/mol. The van der Waals surface area contributed by atoms with Crippen LogP contribution in [0.3, 0.4) is 0 Å². The largest absolute Gasteiger partial charge is 0.379 e. The van der Waals surface area contributed by atoms with Gasteiger partial charge in [-0.2, -0.15) is 5.10 Å². The number of halogens is 1. The molecule has 0 unspecified atom stereocenters. The summed E-state index contributed by atoms with van der Waals surface area (Å²) in [5.74, 6) is 0.900. The molecule has 0 radical (unpaired) electrons. The molecule has 3 rings (SSSR count). The van der Waals surface area contributed by atoms with Crippen molar-refractivity contribution in [2.45, 2.75) is 57.9 Å². The Kier molecular flexibility index (Phi) is 9.68. The maximum absolute atomic E-state index is 5.59. The number of aliphatic imine (C=N–C) groups is 1. The number of hydrogen-bond acceptors (Lipinski definition) is 4. The molecule has 29 heavy (non-hydrogen) atoms. The zero-order valence-corrected chi connectivity index (χ0v) is 20.9. The molecule has 0 amide bonds. The third kappa shape index (κ3) is 6.07. The summed E-state index contributed by atoms with van der Waals surface area (Å²) in [7, 11) is 3.87. The molecule has 1 saturated carbocycles. The summed E-state index contributed by atoms with van der Waals surface area (Å²) >= 11 is 0. The first-order valence-corrected chi connectivity index (χ1v) is 10.8. The fraction of sp³-hybridized carbons (Fsp3) is 0.810. The van der Waals surface area contributed by atoms with Crippen molar-refractivity contribution in [3.63, 3.8) is 0 Å². The Morgan fingerprint density at radius 1 is 1.14 bits per heavy atom. The van der Waals surface area contributed by atoms with Crippen molar-refractivity contribution >= 4 is 29.9 Å². The van der Waals surface area contributed by atoms with Gasteiger partial charge in [0, 0.05) is 51.5 Å². The van der Waals surface area contributed by atoms with Gasteiger partial charge in [0.25, 0.3) is 0 Å². The number of aromatic nitrogens is 2. The van der Waals surface area contributed by atoms with E-state index in [0.29, 0.717) is 0 Å². The summed E-state index contributed by atoms with van der Waals surface area (Å²) in [6.45, 7) is 9.86. The van der Waals surface area contributed by atoms with Crippen LogP contribution < -0.4 is 10.6 Å². The van der Waals surface area contributed by atoms with Gasteiger partial charge in [0.1, 0.15) is 0 Å². The van der Waals surface area contributed by atoms with Crippen LogP contribution in [0.5, 0.6) is 0 Å². The number of nitrogens with zero attached hydrogens (tertiary/aromatic N) is 4. The lowest BCUT2D eigenvalue weighted by Gasteiger charge is -2.48. The minimum atomic E-state index is 0. The number of hydrogen-bond donors (Lipinski definition) is 2. The molecule has 8 heteroatoms. The first-order chi connectivity index (χ1) is 13.6. The molecule has 0 atom stereocenters. The Balaban J connectivity index is 0.00000300. The molecule has 7 nitrogen and oxygen atoms in total. The van der Waals surface area contributed by atoms with Gasteiger partial charge in [-0.15, -0.1) is 24.0 Å². The van der Waals surface area contributed by atoms with Gasteiger partial charge in [0.2, 0.25) is 0 Å². The zero-order chi connectivity index (χ0) is 20.0. The van der Waals surface area contributed by atoms with Crippen molar-refractivity contribution in [1.29, 1.82) is 0 Å². The summed E-state index contributed by atoms with van der Waals surface area (Å²) in [5.41, 5.74) is 3.95. The molecule has 0 spiro atoms. The molecule has 0 aromatic carbocycles. The predicted octanol–water partition coefficient (Wildman–Crippen LogP) is 2.40. The minimum Gasteiger partial charge on any atom is -0.379 e. The Morgan fingerprint density at radius 3 is 2.41 bits per heavy atom. The first kappa shape index (κ1) is 24.4. The summed E-state index contributed by atoms with van der Waals surface area (Å²) < 4.78 is 7.56. The number of nitrogens with one attached hydrogen (secondary N) is 2. The first-order valence-electron chi connectivity index (χ1n) is 10.8. The van der Waals surface area contributed by atoms with Crippen molar-refractivity contribution in [3.8, 4) is 0 Å². The minimum absolute atomic E-state index is 0. The van der Waals surface area contributed by atoms with E-state index in [2.05, 4.69) is 39.5 Å². The highest BCUT2D eigenvalue weighted by Crippen LogP contribution is 2.33. The fourth-order valence-corrected chi connectivity index (χ4v) is 4.81. The van der Waals surface area contributed by atoms with E-state index in [9.17, 15) is 0 Å². The zero-order valence-electron chi connectivity index (χ0n) is 18.6. The van der Waals surface area contributed by atoms with Gasteiger partial charge < -0.3 is 15.4 Å². The van der Waals surface area contributed by atoms with Gasteiger partial charge in [0.05, 0.1) is 18.9 Å². The maximum atomic E-state index is 5.59. The molecular formula is C21H39IN6O. The Labute approximate surface area is 193 Å². The monoisotopic (exact) mass is 518 g/mol. The predicted molar refractivity (Wildman–Crippen MR) is 129 cm³/mol. The molecule has 1 aliphatic carbocycles. The molecule has 1 aromatic rings. The van der Waals surface area contributed by atoms with Crippen LogP contribution in [-0.2, 0) is 18.2 Å². The van der Waals surface area contributed by atoms with E-state index in [-0.39, 0.29) is 29.5 Å². The molecule has 2 heterocycles. The number of ether oxygens (including phenoxy) is 1. The van der Waals surface area contributed by atoms with Gasteiger partial charge in [-0.05, 0) is 38.7 Å². The summed E-state index contributed by atoms with van der Waals surface area (Å²) in [4.78, 5) is 7.13. The van der Waals surface area contributed by atoms with Gasteiger partial charge in [-0.25, -0.2) is 0 Å². The quantitative estimate of drug-likeness (QED) is 0.344. The lowest BCUT2D eigenvalue weighted by atomic mass is 9.80. The van der Waals surface area contributed by atoms with Gasteiger partial charge in [0.15, 0.2) is 5.96 Å². The number of rotatable bonds is 6. The van der Waals surface area contributed by atoms with E-state index in [4.69, 9.17) is 4.74 Å². The topological polar surface area (TPSA) is 66.7 Å². The van der Waals surface area contributed by atoms with Crippen LogP contribution >= 0.6 is 24.0 Å². The van der Waals surface area contributed by atoms with Crippen molar-refractivity contribution in [2.24, 2.45) is 12.0 Å². The second kappa shape index (κ2) is 11.5. The second-order valence-electron chi connectivity index (χ2n) is 8.26. The number of guanidine groups is 1. The smallest absolute Gasteiger partial charge is 0.191 e. The van der Waals surface area contributed by atoms with Crippen LogP contribution in [0, 0.1) is 13.8 Å². The average Bonchev–Trinajstić information content (AvgIpc) is 2.97. The summed E-state index contributed by atoms with van der Waals surface area (Å²) in [6, 6.07) is 0. The fourth-order valence-electron chi connectivity index (χ4n) is 4.81. The third-order valence-corrected chi connectivity index (χ3v) is 6.60. The normalized spacial score (nSPS) is 20.2. The van der Waals surface area contributed by atoms with Gasteiger partial charge in [-0.3, -0.25) is 14.6 Å². The van der Waals surface area contributed by atoms with Crippen LogP contribution in [-0.4, -0.2) is 72.6 Å². The molecule has 166 valence electrons. The van der Waals surface area contributed by atoms with Crippen molar-refractivity contribution in [1.82, 2.24) is 25.3 Å². The van der Waals surface area contributed by atoms with Crippen molar-refractivity contribution in [2.75, 3.05) is 46.4 Å². The molecule has 1 aliphatic heterocycles. The van der Waals surface area contributed by atoms with E-state index in [0.717, 1.165) is 57.5 Å². The molecule has 1 aromatic heterocycles. The van der Waals surface area contributed by atoms with Crippen LogP contribution in [0.1, 0.15) is 49.1 Å². The van der Waals surface area contributed by atoms with Crippen LogP contribution in [0.25, 0.3) is 0 Å². The van der Waals surface area contributed by atoms with E-state index in [1.54, 1.807) is 0 Å². The Bertz CT molecular complexity index is 662. The van der Waals surface area contributed by atoms with E-state index in [1.807, 2.05) is 18.8 Å². The summed E-state index contributed by atoms with van der Waals surface area (Å²) in [5, 5.41) is 11.6. The highest BCUT2D eigenvalue weighted by molar-refractivity contribution is 14.0. The molecule has 1 saturated heterocycles. The molecule has 2 aliphatic rings. The molecule has 2 fully saturated rings. The van der Waals surface area contributed by atoms with Crippen molar-refractivity contribution in [3.05, 3.63) is 17.0 Å². The van der Waals surface area contributed by atoms with Gasteiger partial charge in [-0.1, -0.05) is 19.3 Å². The number of aryl methyl sites for hydroxylation is 2. The summed E-state index contributed by atoms with van der Waals surface area (Å²) in [6.07, 6.45) is 7.51. The second-order valence-corrected chi connectivity index (χ2v) is 8.26. The van der Waals surface area contributed by atoms with E-state index < -0.39 is 0 Å². The third-order valence-electron chi connectivity index (χ3n) is 6.60. The Morgan fingerprint density at radius 2 is 1.83 bits per heavy atom. The maximum Gasteiger partial charge on any atom is 0.191 e. The molecule has 0 bridgehead atoms. The lowest BCUT2D eigenvalue weighted by molar-refractivity contribution is -0.0352. The highest BCUT2D eigenvalue weighted by atomic mass is 127. The Hall–Kier alpha value is -0.870. The van der Waals surface area contributed by atoms with Crippen LogP contribution in [0.2, 0.25) is 0 Å². The van der Waals surface area contributed by atoms with Crippen molar-refractivity contribution < 1.29 is 4.74 Å². The highest BCUT2D eigenvalue weighted by Gasteiger charge is 2.38. The van der Waals surface area contributed by atoms with Crippen LogP contribution in [0.15, 0.2) is 4.99 Å². The van der Waals surface area contributed by atoms with E-state index in [1.165, 1.54) is 43.4 Å². The standard InChI is InChI=1S/C21H38N6O.HI/c1-17-19(18(2)26(4)25-17)8-11-23-20(22-3)24-16-21(9-6-5-7-10-21)27-12-14-28-15-13-27;/h5-16H2,1-4H3,(H2,22,23,24);1H.